The lowest BCUT2D eigenvalue weighted by molar-refractivity contribution is -0.117. The number of amides is 2. The minimum Gasteiger partial charge on any atom is -0.326 e. The summed E-state index contributed by atoms with van der Waals surface area (Å²) in [4.78, 5) is 24.4. The average Bonchev–Trinajstić information content (AvgIpc) is 2.77. The molecule has 0 saturated heterocycles. The van der Waals surface area contributed by atoms with Crippen molar-refractivity contribution in [1.82, 2.24) is 0 Å². The Hall–Kier alpha value is -1.84. The number of rotatable bonds is 20. The van der Waals surface area contributed by atoms with Gasteiger partial charge in [-0.3, -0.25) is 9.59 Å². The van der Waals surface area contributed by atoms with E-state index in [-0.39, 0.29) is 11.8 Å². The number of hydrogen-bond acceptors (Lipinski definition) is 2. The Bertz CT molecular complexity index is 566. The van der Waals surface area contributed by atoms with Crippen molar-refractivity contribution in [3.05, 3.63) is 24.3 Å². The molecule has 0 atom stereocenters. The Labute approximate surface area is 197 Å². The van der Waals surface area contributed by atoms with Crippen LogP contribution in [0.3, 0.4) is 0 Å². The second-order valence-electron chi connectivity index (χ2n) is 9.13. The number of benzene rings is 1. The number of unbranched alkanes of at least 4 members (excludes halogenated alkanes) is 14. The molecule has 1 aromatic carbocycles. The fraction of sp³-hybridized carbons (Fsp3) is 0.714. The number of carbonyl (C=O) groups is 2. The summed E-state index contributed by atoms with van der Waals surface area (Å²) in [7, 11) is 0. The highest BCUT2D eigenvalue weighted by atomic mass is 16.2. The Kier molecular flexibility index (Phi) is 17.5. The summed E-state index contributed by atoms with van der Waals surface area (Å²) in [5.41, 5.74) is 1.50. The first kappa shape index (κ1) is 28.2. The summed E-state index contributed by atoms with van der Waals surface area (Å²) >= 11 is 0. The zero-order valence-corrected chi connectivity index (χ0v) is 20.9. The van der Waals surface area contributed by atoms with Crippen LogP contribution >= 0.6 is 0 Å². The molecule has 0 aromatic heterocycles. The highest BCUT2D eigenvalue weighted by Gasteiger charge is 2.06. The van der Waals surface area contributed by atoms with Gasteiger partial charge >= 0.3 is 0 Å². The van der Waals surface area contributed by atoms with E-state index < -0.39 is 0 Å². The van der Waals surface area contributed by atoms with Crippen LogP contribution in [0.5, 0.6) is 0 Å². The zero-order chi connectivity index (χ0) is 23.3. The Morgan fingerprint density at radius 2 is 0.906 bits per heavy atom. The highest BCUT2D eigenvalue weighted by molar-refractivity contribution is 5.94. The maximum atomic E-state index is 12.2. The summed E-state index contributed by atoms with van der Waals surface area (Å²) < 4.78 is 0. The van der Waals surface area contributed by atoms with E-state index in [0.29, 0.717) is 12.8 Å². The maximum Gasteiger partial charge on any atom is 0.224 e. The molecule has 0 radical (unpaired) electrons. The van der Waals surface area contributed by atoms with Crippen LogP contribution in [0.25, 0.3) is 0 Å². The van der Waals surface area contributed by atoms with Crippen LogP contribution in [0, 0.1) is 0 Å². The standard InChI is InChI=1S/C28H48N2O2/c1-3-5-7-9-11-13-15-17-22-27(31)29-25-20-19-21-26(24-25)30-28(32)23-18-16-14-12-10-8-6-4-2/h19-21,24H,3-18,22-23H2,1-2H3,(H,29,31)(H,30,32). The van der Waals surface area contributed by atoms with Gasteiger partial charge in [0.2, 0.25) is 11.8 Å². The van der Waals surface area contributed by atoms with Crippen LogP contribution < -0.4 is 10.6 Å². The van der Waals surface area contributed by atoms with Crippen molar-refractivity contribution in [2.24, 2.45) is 0 Å². The second kappa shape index (κ2) is 19.8. The molecule has 0 bridgehead atoms. The first-order valence-corrected chi connectivity index (χ1v) is 13.4. The maximum absolute atomic E-state index is 12.2. The van der Waals surface area contributed by atoms with Crippen molar-refractivity contribution in [3.63, 3.8) is 0 Å². The van der Waals surface area contributed by atoms with E-state index in [1.807, 2.05) is 24.3 Å². The normalized spacial score (nSPS) is 10.8. The molecule has 4 heteroatoms. The Balaban J connectivity index is 2.16. The van der Waals surface area contributed by atoms with Crippen molar-refractivity contribution < 1.29 is 9.59 Å². The summed E-state index contributed by atoms with van der Waals surface area (Å²) in [5.74, 6) is 0.108. The van der Waals surface area contributed by atoms with Crippen LogP contribution in [0.1, 0.15) is 129 Å². The predicted octanol–water partition coefficient (Wildman–Crippen LogP) is 8.63. The average molecular weight is 445 g/mol. The molecule has 0 aliphatic heterocycles. The fourth-order valence-corrected chi connectivity index (χ4v) is 3.96. The van der Waals surface area contributed by atoms with Crippen molar-refractivity contribution in [3.8, 4) is 0 Å². The van der Waals surface area contributed by atoms with Crippen molar-refractivity contribution >= 4 is 23.2 Å². The molecule has 4 nitrogen and oxygen atoms in total. The van der Waals surface area contributed by atoms with Gasteiger partial charge in [-0.25, -0.2) is 0 Å². The smallest absolute Gasteiger partial charge is 0.224 e. The third kappa shape index (κ3) is 15.9. The van der Waals surface area contributed by atoms with Gasteiger partial charge < -0.3 is 10.6 Å². The van der Waals surface area contributed by atoms with E-state index in [1.54, 1.807) is 0 Å². The molecule has 0 spiro atoms. The van der Waals surface area contributed by atoms with E-state index in [0.717, 1.165) is 37.1 Å². The van der Waals surface area contributed by atoms with Gasteiger partial charge in [0.05, 0.1) is 0 Å². The molecule has 2 amide bonds. The molecule has 0 fully saturated rings. The number of carbonyl (C=O) groups excluding carboxylic acids is 2. The van der Waals surface area contributed by atoms with Crippen molar-refractivity contribution in [1.29, 1.82) is 0 Å². The first-order chi connectivity index (χ1) is 15.7. The van der Waals surface area contributed by atoms with E-state index in [1.165, 1.54) is 77.0 Å². The molecule has 2 N–H and O–H groups in total. The topological polar surface area (TPSA) is 58.2 Å². The molecule has 1 aromatic rings. The van der Waals surface area contributed by atoms with Crippen LogP contribution in [0.2, 0.25) is 0 Å². The third-order valence-corrected chi connectivity index (χ3v) is 5.94. The third-order valence-electron chi connectivity index (χ3n) is 5.94. The summed E-state index contributed by atoms with van der Waals surface area (Å²) in [6.07, 6.45) is 20.8. The lowest BCUT2D eigenvalue weighted by atomic mass is 10.1. The number of hydrogen-bond donors (Lipinski definition) is 2. The molecule has 1 rings (SSSR count). The van der Waals surface area contributed by atoms with Gasteiger partial charge in [0.15, 0.2) is 0 Å². The van der Waals surface area contributed by atoms with E-state index >= 15 is 0 Å². The summed E-state index contributed by atoms with van der Waals surface area (Å²) in [5, 5.41) is 5.93. The number of nitrogens with one attached hydrogen (secondary N) is 2. The van der Waals surface area contributed by atoms with Gasteiger partial charge in [0.25, 0.3) is 0 Å². The minimum atomic E-state index is 0.0541. The molecule has 0 unspecified atom stereocenters. The molecule has 0 saturated carbocycles. The van der Waals surface area contributed by atoms with Crippen LogP contribution in [-0.2, 0) is 9.59 Å². The van der Waals surface area contributed by atoms with Crippen LogP contribution in [0.4, 0.5) is 11.4 Å². The van der Waals surface area contributed by atoms with Crippen molar-refractivity contribution in [2.75, 3.05) is 10.6 Å². The highest BCUT2D eigenvalue weighted by Crippen LogP contribution is 2.17. The Morgan fingerprint density at radius 3 is 1.28 bits per heavy atom. The predicted molar refractivity (Wildman–Crippen MR) is 138 cm³/mol. The second-order valence-corrected chi connectivity index (χ2v) is 9.13. The van der Waals surface area contributed by atoms with Gasteiger partial charge in [-0.05, 0) is 31.0 Å². The lowest BCUT2D eigenvalue weighted by Crippen LogP contribution is -2.13. The minimum absolute atomic E-state index is 0.0541. The van der Waals surface area contributed by atoms with E-state index in [9.17, 15) is 9.59 Å². The fourth-order valence-electron chi connectivity index (χ4n) is 3.96. The lowest BCUT2D eigenvalue weighted by Gasteiger charge is -2.09. The van der Waals surface area contributed by atoms with E-state index in [4.69, 9.17) is 0 Å². The van der Waals surface area contributed by atoms with Gasteiger partial charge in [-0.1, -0.05) is 110 Å². The van der Waals surface area contributed by atoms with Crippen molar-refractivity contribution in [2.45, 2.75) is 129 Å². The van der Waals surface area contributed by atoms with Gasteiger partial charge in [0.1, 0.15) is 0 Å². The van der Waals surface area contributed by atoms with Crippen LogP contribution in [-0.4, -0.2) is 11.8 Å². The summed E-state index contributed by atoms with van der Waals surface area (Å²) in [6, 6.07) is 7.47. The van der Waals surface area contributed by atoms with Gasteiger partial charge in [0, 0.05) is 24.2 Å². The van der Waals surface area contributed by atoms with E-state index in [2.05, 4.69) is 24.5 Å². The zero-order valence-electron chi connectivity index (χ0n) is 20.9. The molecule has 0 heterocycles. The monoisotopic (exact) mass is 444 g/mol. The Morgan fingerprint density at radius 1 is 0.562 bits per heavy atom. The molecule has 182 valence electrons. The molecular formula is C28H48N2O2. The summed E-state index contributed by atoms with van der Waals surface area (Å²) in [6.45, 7) is 4.47. The van der Waals surface area contributed by atoms with Gasteiger partial charge in [-0.2, -0.15) is 0 Å². The van der Waals surface area contributed by atoms with Crippen LogP contribution in [0.15, 0.2) is 24.3 Å². The molecule has 32 heavy (non-hydrogen) atoms. The molecule has 0 aliphatic rings. The quantitative estimate of drug-likeness (QED) is 0.198. The van der Waals surface area contributed by atoms with Gasteiger partial charge in [-0.15, -0.1) is 0 Å². The largest absolute Gasteiger partial charge is 0.326 e. The number of anilines is 2. The SMILES string of the molecule is CCCCCCCCCCC(=O)Nc1cccc(NC(=O)CCCCCCCCCC)c1. The molecular weight excluding hydrogens is 396 g/mol. The molecule has 0 aliphatic carbocycles. The first-order valence-electron chi connectivity index (χ1n) is 13.4.